The Labute approximate surface area is 114 Å². The SMILES string of the molecule is Cc1nc(CN(C)C(=O)c2cnn3ccncc23)n[nH]1. The molecule has 8 nitrogen and oxygen atoms in total. The predicted octanol–water partition coefficient (Wildman–Crippen LogP) is 0.428. The zero-order chi connectivity index (χ0) is 14.1. The second kappa shape index (κ2) is 4.72. The smallest absolute Gasteiger partial charge is 0.257 e. The lowest BCUT2D eigenvalue weighted by Gasteiger charge is -2.14. The first-order valence-corrected chi connectivity index (χ1v) is 6.06. The maximum absolute atomic E-state index is 12.4. The number of rotatable bonds is 3. The minimum absolute atomic E-state index is 0.143. The maximum atomic E-state index is 12.4. The fourth-order valence-corrected chi connectivity index (χ4v) is 1.95. The number of carbonyl (C=O) groups excluding carboxylic acids is 1. The number of carbonyl (C=O) groups is 1. The number of nitrogens with zero attached hydrogens (tertiary/aromatic N) is 6. The van der Waals surface area contributed by atoms with Gasteiger partial charge in [0.25, 0.3) is 5.91 Å². The van der Waals surface area contributed by atoms with Crippen molar-refractivity contribution in [1.29, 1.82) is 0 Å². The zero-order valence-corrected chi connectivity index (χ0v) is 11.1. The molecule has 102 valence electrons. The average Bonchev–Trinajstić information content (AvgIpc) is 3.04. The van der Waals surface area contributed by atoms with Crippen LogP contribution >= 0.6 is 0 Å². The van der Waals surface area contributed by atoms with Crippen molar-refractivity contribution in [3.63, 3.8) is 0 Å². The van der Waals surface area contributed by atoms with Crippen LogP contribution in [0.5, 0.6) is 0 Å². The third-order valence-electron chi connectivity index (χ3n) is 2.92. The Morgan fingerprint density at radius 1 is 1.45 bits per heavy atom. The van der Waals surface area contributed by atoms with Crippen molar-refractivity contribution in [3.05, 3.63) is 42.0 Å². The number of H-pyrrole nitrogens is 1. The van der Waals surface area contributed by atoms with Crippen molar-refractivity contribution in [2.45, 2.75) is 13.5 Å². The molecule has 0 aliphatic carbocycles. The van der Waals surface area contributed by atoms with Gasteiger partial charge in [0.15, 0.2) is 5.82 Å². The Morgan fingerprint density at radius 3 is 3.05 bits per heavy atom. The molecule has 0 aromatic carbocycles. The number of aryl methyl sites for hydroxylation is 1. The van der Waals surface area contributed by atoms with Crippen molar-refractivity contribution in [3.8, 4) is 0 Å². The first-order chi connectivity index (χ1) is 9.65. The molecule has 1 amide bonds. The number of nitrogens with one attached hydrogen (secondary N) is 1. The second-order valence-electron chi connectivity index (χ2n) is 4.46. The quantitative estimate of drug-likeness (QED) is 0.745. The summed E-state index contributed by atoms with van der Waals surface area (Å²) in [7, 11) is 1.70. The van der Waals surface area contributed by atoms with Gasteiger partial charge in [0.05, 0.1) is 30.0 Å². The van der Waals surface area contributed by atoms with Crippen LogP contribution in [0.3, 0.4) is 0 Å². The summed E-state index contributed by atoms with van der Waals surface area (Å²) in [6.07, 6.45) is 6.48. The molecule has 0 bridgehead atoms. The lowest BCUT2D eigenvalue weighted by molar-refractivity contribution is 0.0783. The van der Waals surface area contributed by atoms with E-state index in [0.717, 1.165) is 5.82 Å². The van der Waals surface area contributed by atoms with E-state index in [1.165, 1.54) is 0 Å². The first kappa shape index (κ1) is 12.3. The van der Waals surface area contributed by atoms with E-state index in [9.17, 15) is 4.79 Å². The summed E-state index contributed by atoms with van der Waals surface area (Å²) in [4.78, 5) is 22.2. The van der Waals surface area contributed by atoms with Crippen LogP contribution in [0, 0.1) is 6.92 Å². The highest BCUT2D eigenvalue weighted by molar-refractivity contribution is 6.00. The van der Waals surface area contributed by atoms with Gasteiger partial charge in [-0.2, -0.15) is 10.2 Å². The van der Waals surface area contributed by atoms with Crippen LogP contribution in [0.4, 0.5) is 0 Å². The van der Waals surface area contributed by atoms with Gasteiger partial charge in [0, 0.05) is 19.4 Å². The molecule has 0 atom stereocenters. The van der Waals surface area contributed by atoms with E-state index in [0.29, 0.717) is 23.4 Å². The van der Waals surface area contributed by atoms with E-state index >= 15 is 0 Å². The number of fused-ring (bicyclic) bond motifs is 1. The van der Waals surface area contributed by atoms with Crippen LogP contribution in [-0.2, 0) is 6.54 Å². The molecule has 0 aliphatic rings. The lowest BCUT2D eigenvalue weighted by Crippen LogP contribution is -2.26. The summed E-state index contributed by atoms with van der Waals surface area (Å²) in [6.45, 7) is 2.15. The highest BCUT2D eigenvalue weighted by Gasteiger charge is 2.18. The number of hydrogen-bond acceptors (Lipinski definition) is 5. The fourth-order valence-electron chi connectivity index (χ4n) is 1.95. The zero-order valence-electron chi connectivity index (χ0n) is 11.1. The highest BCUT2D eigenvalue weighted by atomic mass is 16.2. The molecule has 0 saturated carbocycles. The van der Waals surface area contributed by atoms with Gasteiger partial charge in [-0.05, 0) is 6.92 Å². The maximum Gasteiger partial charge on any atom is 0.257 e. The topological polar surface area (TPSA) is 92.1 Å². The summed E-state index contributed by atoms with van der Waals surface area (Å²) in [5, 5.41) is 10.9. The van der Waals surface area contributed by atoms with Crippen LogP contribution in [0.1, 0.15) is 22.0 Å². The monoisotopic (exact) mass is 271 g/mol. The van der Waals surface area contributed by atoms with Gasteiger partial charge in [0.1, 0.15) is 5.82 Å². The van der Waals surface area contributed by atoms with Crippen molar-refractivity contribution >= 4 is 11.4 Å². The van der Waals surface area contributed by atoms with Crippen molar-refractivity contribution in [2.75, 3.05) is 7.05 Å². The lowest BCUT2D eigenvalue weighted by atomic mass is 10.2. The molecule has 8 heteroatoms. The van der Waals surface area contributed by atoms with Crippen LogP contribution in [0.15, 0.2) is 24.8 Å². The molecular formula is C12H13N7O. The van der Waals surface area contributed by atoms with E-state index in [-0.39, 0.29) is 5.91 Å². The predicted molar refractivity (Wildman–Crippen MR) is 69.9 cm³/mol. The minimum Gasteiger partial charge on any atom is -0.334 e. The Morgan fingerprint density at radius 2 is 2.30 bits per heavy atom. The molecule has 0 unspecified atom stereocenters. The molecule has 0 spiro atoms. The van der Waals surface area contributed by atoms with Crippen molar-refractivity contribution in [2.24, 2.45) is 0 Å². The molecule has 0 fully saturated rings. The van der Waals surface area contributed by atoms with Crippen LogP contribution in [0.25, 0.3) is 5.52 Å². The number of amides is 1. The van der Waals surface area contributed by atoms with Crippen LogP contribution in [-0.4, -0.2) is 47.6 Å². The van der Waals surface area contributed by atoms with Gasteiger partial charge in [-0.25, -0.2) is 9.50 Å². The van der Waals surface area contributed by atoms with Gasteiger partial charge in [-0.15, -0.1) is 0 Å². The molecule has 1 N–H and O–H groups in total. The summed E-state index contributed by atoms with van der Waals surface area (Å²) in [6, 6.07) is 0. The van der Waals surface area contributed by atoms with Gasteiger partial charge >= 0.3 is 0 Å². The fraction of sp³-hybridized carbons (Fsp3) is 0.250. The molecule has 3 rings (SSSR count). The molecule has 0 radical (unpaired) electrons. The Hall–Kier alpha value is -2.77. The van der Waals surface area contributed by atoms with Gasteiger partial charge in [-0.1, -0.05) is 0 Å². The largest absolute Gasteiger partial charge is 0.334 e. The summed E-state index contributed by atoms with van der Waals surface area (Å²) < 4.78 is 1.62. The Balaban J connectivity index is 1.84. The molecule has 0 saturated heterocycles. The van der Waals surface area contributed by atoms with Crippen LogP contribution < -0.4 is 0 Å². The third-order valence-corrected chi connectivity index (χ3v) is 2.92. The number of aromatic amines is 1. The van der Waals surface area contributed by atoms with Gasteiger partial charge in [-0.3, -0.25) is 14.9 Å². The van der Waals surface area contributed by atoms with Crippen molar-refractivity contribution in [1.82, 2.24) is 34.7 Å². The second-order valence-corrected chi connectivity index (χ2v) is 4.46. The van der Waals surface area contributed by atoms with Gasteiger partial charge < -0.3 is 4.90 Å². The molecule has 20 heavy (non-hydrogen) atoms. The van der Waals surface area contributed by atoms with E-state index in [1.807, 2.05) is 6.92 Å². The normalized spacial score (nSPS) is 10.9. The van der Waals surface area contributed by atoms with E-state index in [1.54, 1.807) is 41.3 Å². The summed E-state index contributed by atoms with van der Waals surface area (Å²) in [5.41, 5.74) is 1.18. The molecule has 3 heterocycles. The molecular weight excluding hydrogens is 258 g/mol. The first-order valence-electron chi connectivity index (χ1n) is 6.06. The summed E-state index contributed by atoms with van der Waals surface area (Å²) >= 11 is 0. The van der Waals surface area contributed by atoms with Crippen LogP contribution in [0.2, 0.25) is 0 Å². The van der Waals surface area contributed by atoms with E-state index < -0.39 is 0 Å². The molecule has 0 aliphatic heterocycles. The third kappa shape index (κ3) is 2.11. The van der Waals surface area contributed by atoms with E-state index in [4.69, 9.17) is 0 Å². The molecule has 3 aromatic rings. The minimum atomic E-state index is -0.143. The van der Waals surface area contributed by atoms with Gasteiger partial charge in [0.2, 0.25) is 0 Å². The summed E-state index contributed by atoms with van der Waals surface area (Å²) in [5.74, 6) is 1.16. The highest BCUT2D eigenvalue weighted by Crippen LogP contribution is 2.12. The average molecular weight is 271 g/mol. The number of aromatic nitrogens is 6. The molecule has 3 aromatic heterocycles. The van der Waals surface area contributed by atoms with E-state index in [2.05, 4.69) is 25.3 Å². The Bertz CT molecular complexity index is 760. The standard InChI is InChI=1S/C12H13N7O/c1-8-15-11(17-16-8)7-18(2)12(20)9-5-14-19-4-3-13-6-10(9)19/h3-6H,7H2,1-2H3,(H,15,16,17). The van der Waals surface area contributed by atoms with Crippen molar-refractivity contribution < 1.29 is 4.79 Å². The Kier molecular flexibility index (Phi) is 2.90. The number of hydrogen-bond donors (Lipinski definition) is 1.